The zero-order valence-corrected chi connectivity index (χ0v) is 22.1. The van der Waals surface area contributed by atoms with Crippen molar-refractivity contribution in [1.29, 1.82) is 0 Å². The first kappa shape index (κ1) is 76.5. The van der Waals surface area contributed by atoms with Gasteiger partial charge in [-0.25, -0.2) is 0 Å². The molecule has 40 nitrogen and oxygen atoms in total. The predicted octanol–water partition coefficient (Wildman–Crippen LogP) is -2.40. The van der Waals surface area contributed by atoms with Gasteiger partial charge in [0.05, 0.1) is 50.9 Å². The zero-order valence-electron chi connectivity index (χ0n) is 17.6. The van der Waals surface area contributed by atoms with Gasteiger partial charge in [0.1, 0.15) is 0 Å². The number of hydrogen-bond acceptors (Lipinski definition) is 30. The van der Waals surface area contributed by atoms with Crippen molar-refractivity contribution in [3.8, 4) is 0 Å². The van der Waals surface area contributed by atoms with E-state index in [-0.39, 0.29) is 42.8 Å². The van der Waals surface area contributed by atoms with Crippen LogP contribution in [0.3, 0.4) is 0 Å². The average Bonchev–Trinajstić information content (AvgIpc) is 2.47. The molecule has 42 heavy (non-hydrogen) atoms. The topological polar surface area (TPSA) is 662 Å². The van der Waals surface area contributed by atoms with Crippen molar-refractivity contribution in [2.75, 3.05) is 0 Å². The van der Waals surface area contributed by atoms with Crippen LogP contribution in [0.1, 0.15) is 0 Å². The summed E-state index contributed by atoms with van der Waals surface area (Å²) in [5, 5.41) is 148. The van der Waals surface area contributed by atoms with Crippen LogP contribution in [0.15, 0.2) is 0 Å². The quantitative estimate of drug-likeness (QED) is 0.139. The summed E-state index contributed by atoms with van der Waals surface area (Å²) in [5.74, 6) is 0. The Morgan fingerprint density at radius 3 is 0.190 bits per heavy atom. The van der Waals surface area contributed by atoms with Crippen molar-refractivity contribution in [1.82, 2.24) is 0 Å². The standard InChI is InChI=1S/10NO3.Ti.W/c10*2-1(3)4;;/q10*-1;+4;. The molecule has 0 aliphatic carbocycles. The van der Waals surface area contributed by atoms with Crippen LogP contribution in [0.4, 0.5) is 0 Å². The molecule has 0 radical (unpaired) electrons. The van der Waals surface area contributed by atoms with Gasteiger partial charge in [-0.05, 0) is 0 Å². The van der Waals surface area contributed by atoms with Gasteiger partial charge in [-0.2, -0.15) is 0 Å². The first-order valence-corrected chi connectivity index (χ1v) is 5.48. The Bertz CT molecular complexity index is 476. The molecule has 0 bridgehead atoms. The molecule has 0 aromatic heterocycles. The molecule has 0 fully saturated rings. The van der Waals surface area contributed by atoms with Crippen LogP contribution in [-0.4, -0.2) is 50.9 Å². The van der Waals surface area contributed by atoms with E-state index in [4.69, 9.17) is 153 Å². The fourth-order valence-corrected chi connectivity index (χ4v) is 0. The fourth-order valence-electron chi connectivity index (χ4n) is 0. The van der Waals surface area contributed by atoms with Crippen molar-refractivity contribution in [2.24, 2.45) is 0 Å². The van der Waals surface area contributed by atoms with Crippen molar-refractivity contribution in [2.45, 2.75) is 0 Å². The third kappa shape index (κ3) is 806. The van der Waals surface area contributed by atoms with Gasteiger partial charge in [0.15, 0.2) is 0 Å². The largest absolute Gasteiger partial charge is 4.00 e. The summed E-state index contributed by atoms with van der Waals surface area (Å²) in [5.41, 5.74) is 0. The number of hydrogen-bond donors (Lipinski definition) is 0. The maximum absolute atomic E-state index is 8.25. The van der Waals surface area contributed by atoms with Crippen LogP contribution in [-0.2, 0) is 42.8 Å². The second-order valence-corrected chi connectivity index (χ2v) is 2.24. The zero-order chi connectivity index (χ0) is 35.8. The van der Waals surface area contributed by atoms with Gasteiger partial charge in [-0.15, -0.1) is 0 Å². The molecule has 0 aromatic rings. The first-order chi connectivity index (χ1) is 17.3. The number of nitrogens with zero attached hydrogens (tertiary/aromatic N) is 10. The summed E-state index contributed by atoms with van der Waals surface area (Å²) in [4.78, 5) is 82.5. The third-order valence-electron chi connectivity index (χ3n) is 0. The van der Waals surface area contributed by atoms with Gasteiger partial charge >= 0.3 is 21.7 Å². The summed E-state index contributed by atoms with van der Waals surface area (Å²) < 4.78 is 0. The van der Waals surface area contributed by atoms with E-state index in [0.29, 0.717) is 0 Å². The fraction of sp³-hybridized carbons (Fsp3) is 0. The van der Waals surface area contributed by atoms with Crippen LogP contribution >= 0.6 is 0 Å². The second kappa shape index (κ2) is 70.1. The Labute approximate surface area is 247 Å². The van der Waals surface area contributed by atoms with Gasteiger partial charge in [-0.1, -0.05) is 0 Å². The Hall–Kier alpha value is -6.60. The summed E-state index contributed by atoms with van der Waals surface area (Å²) in [6.07, 6.45) is 0. The van der Waals surface area contributed by atoms with Gasteiger partial charge in [0.25, 0.3) is 0 Å². The molecule has 246 valence electrons. The van der Waals surface area contributed by atoms with Gasteiger partial charge in [0.2, 0.25) is 0 Å². The van der Waals surface area contributed by atoms with E-state index in [0.717, 1.165) is 0 Å². The molecule has 0 aliphatic rings. The molecular formula is N10O30TiW-6. The molecule has 0 heterocycles. The minimum atomic E-state index is -1.75. The SMILES string of the molecule is O=[N+]([O-])[O-].O=[N+]([O-])[O-].O=[N+]([O-])[O-].O=[N+]([O-])[O-].O=[N+]([O-])[O-].O=[N+]([O-])[O-].O=[N+]([O-])[O-].O=[N+]([O-])[O-].O=[N+]([O-])[O-].O=[N+]([O-])[O-].[Ti+4].[W]. The predicted molar refractivity (Wildman–Crippen MR) is 104 cm³/mol. The molecule has 0 aliphatic heterocycles. The minimum Gasteiger partial charge on any atom is -0.356 e. The molecule has 0 N–H and O–H groups in total. The molecule has 0 amide bonds. The van der Waals surface area contributed by atoms with E-state index in [1.807, 2.05) is 0 Å². The first-order valence-electron chi connectivity index (χ1n) is 5.48. The van der Waals surface area contributed by atoms with Crippen molar-refractivity contribution in [3.05, 3.63) is 153 Å². The summed E-state index contributed by atoms with van der Waals surface area (Å²) >= 11 is 0. The molecular weight excluding hydrogens is 852 g/mol. The Balaban J connectivity index is -0.0000000237. The van der Waals surface area contributed by atoms with E-state index in [9.17, 15) is 0 Å². The maximum atomic E-state index is 8.25. The summed E-state index contributed by atoms with van der Waals surface area (Å²) in [7, 11) is 0. The molecule has 0 spiro atoms. The second-order valence-electron chi connectivity index (χ2n) is 2.24. The van der Waals surface area contributed by atoms with E-state index >= 15 is 0 Å². The van der Waals surface area contributed by atoms with Crippen LogP contribution in [0.2, 0.25) is 0 Å². The normalized spacial score (nSPS) is 5.71. The third-order valence-corrected chi connectivity index (χ3v) is 0. The smallest absolute Gasteiger partial charge is 0.356 e. The Kier molecular flexibility index (Phi) is 128. The van der Waals surface area contributed by atoms with Gasteiger partial charge in [-0.3, -0.25) is 0 Å². The molecule has 0 saturated heterocycles. The van der Waals surface area contributed by atoms with E-state index < -0.39 is 50.9 Å². The minimum absolute atomic E-state index is 0. The maximum Gasteiger partial charge on any atom is 4.00 e. The van der Waals surface area contributed by atoms with Crippen LogP contribution in [0.5, 0.6) is 0 Å². The molecule has 0 unspecified atom stereocenters. The van der Waals surface area contributed by atoms with Crippen molar-refractivity contribution in [3.63, 3.8) is 0 Å². The molecule has 0 saturated carbocycles. The van der Waals surface area contributed by atoms with E-state index in [1.165, 1.54) is 0 Å². The van der Waals surface area contributed by atoms with E-state index in [1.54, 1.807) is 0 Å². The van der Waals surface area contributed by atoms with Crippen LogP contribution in [0, 0.1) is 153 Å². The van der Waals surface area contributed by atoms with Gasteiger partial charge < -0.3 is 153 Å². The van der Waals surface area contributed by atoms with Crippen LogP contribution in [0.25, 0.3) is 0 Å². The summed E-state index contributed by atoms with van der Waals surface area (Å²) in [6, 6.07) is 0. The molecule has 0 atom stereocenters. The summed E-state index contributed by atoms with van der Waals surface area (Å²) in [6.45, 7) is 0. The van der Waals surface area contributed by atoms with Crippen LogP contribution < -0.4 is 0 Å². The average molecular weight is 852 g/mol. The van der Waals surface area contributed by atoms with Crippen molar-refractivity contribution < 1.29 is 93.6 Å². The molecule has 0 aromatic carbocycles. The Morgan fingerprint density at radius 2 is 0.190 bits per heavy atom. The Morgan fingerprint density at radius 1 is 0.190 bits per heavy atom. The molecule has 42 heteroatoms. The number of rotatable bonds is 0. The molecule has 0 rings (SSSR count). The van der Waals surface area contributed by atoms with Crippen molar-refractivity contribution >= 4 is 0 Å². The van der Waals surface area contributed by atoms with Gasteiger partial charge in [0, 0.05) is 21.1 Å². The van der Waals surface area contributed by atoms with E-state index in [2.05, 4.69) is 0 Å². The monoisotopic (exact) mass is 852 g/mol.